The van der Waals surface area contributed by atoms with Gasteiger partial charge in [0.25, 0.3) is 5.56 Å². The summed E-state index contributed by atoms with van der Waals surface area (Å²) < 4.78 is 3.75. The molecule has 3 rings (SSSR count). The monoisotopic (exact) mass is 384 g/mol. The second-order valence-corrected chi connectivity index (χ2v) is 7.04. The Kier molecular flexibility index (Phi) is 5.46. The molecule has 0 atom stereocenters. The highest BCUT2D eigenvalue weighted by molar-refractivity contribution is 5.76. The number of fused-ring (bicyclic) bond motifs is 1. The van der Waals surface area contributed by atoms with Crippen molar-refractivity contribution in [2.24, 2.45) is 14.1 Å². The zero-order valence-corrected chi connectivity index (χ0v) is 16.5. The summed E-state index contributed by atoms with van der Waals surface area (Å²) in [4.78, 5) is 43.7. The van der Waals surface area contributed by atoms with Crippen molar-refractivity contribution in [3.8, 4) is 0 Å². The number of rotatable bonds is 6. The predicted octanol–water partition coefficient (Wildman–Crippen LogP) is -0.188. The molecule has 0 unspecified atom stereocenters. The highest BCUT2D eigenvalue weighted by Gasteiger charge is 2.17. The van der Waals surface area contributed by atoms with Crippen LogP contribution in [0.4, 0.5) is 0 Å². The van der Waals surface area contributed by atoms with E-state index < -0.39 is 17.2 Å². The molecule has 0 aliphatic carbocycles. The number of carbonyl (C=O) groups excluding carboxylic acids is 1. The Labute approximate surface area is 161 Å². The molecule has 1 N–H and O–H groups in total. The Balaban J connectivity index is 1.81. The normalized spacial score (nSPS) is 11.3. The number of carbonyl (C=O) groups is 1. The second kappa shape index (κ2) is 7.81. The minimum atomic E-state index is -0.570. The second-order valence-electron chi connectivity index (χ2n) is 7.04. The molecule has 2 heterocycles. The minimum absolute atomic E-state index is 0.284. The zero-order chi connectivity index (χ0) is 20.4. The van der Waals surface area contributed by atoms with E-state index in [0.29, 0.717) is 12.2 Å². The zero-order valence-electron chi connectivity index (χ0n) is 16.5. The van der Waals surface area contributed by atoms with Crippen LogP contribution in [0.15, 0.2) is 40.2 Å². The van der Waals surface area contributed by atoms with Crippen LogP contribution in [-0.2, 0) is 38.5 Å². The van der Waals surface area contributed by atoms with Crippen molar-refractivity contribution in [2.75, 3.05) is 14.1 Å². The molecule has 2 aromatic heterocycles. The Hall–Kier alpha value is -3.20. The average molecular weight is 384 g/mol. The Morgan fingerprint density at radius 3 is 2.50 bits per heavy atom. The van der Waals surface area contributed by atoms with E-state index in [4.69, 9.17) is 0 Å². The quantitative estimate of drug-likeness (QED) is 0.636. The molecule has 9 nitrogen and oxygen atoms in total. The summed E-state index contributed by atoms with van der Waals surface area (Å²) >= 11 is 0. The van der Waals surface area contributed by atoms with Crippen LogP contribution >= 0.6 is 0 Å². The first-order valence-corrected chi connectivity index (χ1v) is 8.88. The van der Waals surface area contributed by atoms with Gasteiger partial charge in [0.15, 0.2) is 11.2 Å². The van der Waals surface area contributed by atoms with Crippen molar-refractivity contribution in [3.63, 3.8) is 0 Å². The van der Waals surface area contributed by atoms with Crippen LogP contribution in [0.5, 0.6) is 0 Å². The van der Waals surface area contributed by atoms with Gasteiger partial charge in [-0.3, -0.25) is 14.2 Å². The topological polar surface area (TPSA) is 94.2 Å². The van der Waals surface area contributed by atoms with Crippen LogP contribution < -0.4 is 16.6 Å². The summed E-state index contributed by atoms with van der Waals surface area (Å²) in [6.45, 7) is 0.734. The maximum absolute atomic E-state index is 12.7. The van der Waals surface area contributed by atoms with E-state index in [2.05, 4.69) is 10.3 Å². The molecule has 0 fully saturated rings. The van der Waals surface area contributed by atoms with Crippen LogP contribution in [0.1, 0.15) is 11.1 Å². The molecule has 3 aromatic rings. The van der Waals surface area contributed by atoms with E-state index in [1.54, 1.807) is 11.6 Å². The molecular formula is C19H24N6O3. The van der Waals surface area contributed by atoms with Gasteiger partial charge in [-0.1, -0.05) is 24.3 Å². The van der Waals surface area contributed by atoms with Crippen LogP contribution in [-0.4, -0.2) is 43.6 Å². The molecule has 0 aliphatic rings. The molecule has 1 aromatic carbocycles. The van der Waals surface area contributed by atoms with Crippen LogP contribution in [0, 0.1) is 0 Å². The first-order valence-electron chi connectivity index (χ1n) is 8.88. The van der Waals surface area contributed by atoms with Gasteiger partial charge in [0.2, 0.25) is 5.91 Å². The van der Waals surface area contributed by atoms with Gasteiger partial charge in [0.05, 0.1) is 6.33 Å². The maximum Gasteiger partial charge on any atom is 0.332 e. The fourth-order valence-corrected chi connectivity index (χ4v) is 3.15. The van der Waals surface area contributed by atoms with Gasteiger partial charge < -0.3 is 14.8 Å². The molecule has 0 saturated heterocycles. The molecular weight excluding hydrogens is 360 g/mol. The molecule has 148 valence electrons. The average Bonchev–Trinajstić information content (AvgIpc) is 3.04. The van der Waals surface area contributed by atoms with Gasteiger partial charge in [-0.15, -0.1) is 0 Å². The van der Waals surface area contributed by atoms with Gasteiger partial charge in [0, 0.05) is 27.2 Å². The van der Waals surface area contributed by atoms with E-state index in [1.165, 1.54) is 17.9 Å². The molecule has 28 heavy (non-hydrogen) atoms. The van der Waals surface area contributed by atoms with Crippen molar-refractivity contribution in [1.29, 1.82) is 0 Å². The lowest BCUT2D eigenvalue weighted by molar-refractivity contribution is -0.121. The highest BCUT2D eigenvalue weighted by Crippen LogP contribution is 2.10. The minimum Gasteiger partial charge on any atom is -0.350 e. The highest BCUT2D eigenvalue weighted by atomic mass is 16.2. The summed E-state index contributed by atoms with van der Waals surface area (Å²) in [6, 6.07) is 7.83. The van der Waals surface area contributed by atoms with Gasteiger partial charge in [-0.05, 0) is 25.2 Å². The number of benzene rings is 1. The standard InChI is InChI=1S/C19H24N6O3/c1-22(2)10-14-8-6-5-7-13(14)9-20-15(26)11-25-18(27)16-17(21-12-23(16)3)24(4)19(25)28/h5-8,12H,9-11H2,1-4H3,(H,20,26). The number of nitrogens with one attached hydrogen (secondary N) is 1. The summed E-state index contributed by atoms with van der Waals surface area (Å²) in [5, 5.41) is 2.80. The molecule has 0 bridgehead atoms. The maximum atomic E-state index is 12.7. The fraction of sp³-hybridized carbons (Fsp3) is 0.368. The molecule has 9 heteroatoms. The Bertz CT molecular complexity index is 1140. The van der Waals surface area contributed by atoms with E-state index in [-0.39, 0.29) is 12.1 Å². The lowest BCUT2D eigenvalue weighted by atomic mass is 10.1. The van der Waals surface area contributed by atoms with Crippen molar-refractivity contribution in [3.05, 3.63) is 62.6 Å². The van der Waals surface area contributed by atoms with Crippen LogP contribution in [0.3, 0.4) is 0 Å². The number of nitrogens with zero attached hydrogens (tertiary/aromatic N) is 5. The Morgan fingerprint density at radius 2 is 1.82 bits per heavy atom. The van der Waals surface area contributed by atoms with Crippen molar-refractivity contribution < 1.29 is 4.79 Å². The van der Waals surface area contributed by atoms with Crippen molar-refractivity contribution in [2.45, 2.75) is 19.6 Å². The molecule has 1 amide bonds. The summed E-state index contributed by atoms with van der Waals surface area (Å²) in [7, 11) is 7.16. The number of aromatic nitrogens is 4. The largest absolute Gasteiger partial charge is 0.350 e. The van der Waals surface area contributed by atoms with Gasteiger partial charge in [0.1, 0.15) is 6.54 Å². The van der Waals surface area contributed by atoms with E-state index in [0.717, 1.165) is 22.2 Å². The van der Waals surface area contributed by atoms with E-state index in [1.807, 2.05) is 43.3 Å². The molecule has 0 saturated carbocycles. The first-order chi connectivity index (χ1) is 13.3. The SMILES string of the molecule is CN(C)Cc1ccccc1CNC(=O)Cn1c(=O)c2c(ncn2C)n(C)c1=O. The van der Waals surface area contributed by atoms with Crippen LogP contribution in [0.25, 0.3) is 11.2 Å². The Morgan fingerprint density at radius 1 is 1.14 bits per heavy atom. The number of hydrogen-bond donors (Lipinski definition) is 1. The van der Waals surface area contributed by atoms with Gasteiger partial charge >= 0.3 is 5.69 Å². The van der Waals surface area contributed by atoms with Gasteiger partial charge in [-0.2, -0.15) is 0 Å². The molecule has 0 aliphatic heterocycles. The lowest BCUT2D eigenvalue weighted by Gasteiger charge is -2.15. The van der Waals surface area contributed by atoms with E-state index in [9.17, 15) is 14.4 Å². The third-order valence-electron chi connectivity index (χ3n) is 4.58. The lowest BCUT2D eigenvalue weighted by Crippen LogP contribution is -2.43. The number of aryl methyl sites for hydroxylation is 2. The number of imidazole rings is 1. The molecule has 0 radical (unpaired) electrons. The number of amides is 1. The van der Waals surface area contributed by atoms with Crippen LogP contribution in [0.2, 0.25) is 0 Å². The first kappa shape index (κ1) is 19.6. The third kappa shape index (κ3) is 3.74. The summed E-state index contributed by atoms with van der Waals surface area (Å²) in [5.41, 5.74) is 1.59. The van der Waals surface area contributed by atoms with E-state index >= 15 is 0 Å². The third-order valence-corrected chi connectivity index (χ3v) is 4.58. The van der Waals surface area contributed by atoms with Crippen molar-refractivity contribution in [1.82, 2.24) is 28.9 Å². The smallest absolute Gasteiger partial charge is 0.332 e. The fourth-order valence-electron chi connectivity index (χ4n) is 3.15. The van der Waals surface area contributed by atoms with Gasteiger partial charge in [-0.25, -0.2) is 14.3 Å². The predicted molar refractivity (Wildman–Crippen MR) is 106 cm³/mol. The van der Waals surface area contributed by atoms with Crippen molar-refractivity contribution >= 4 is 17.1 Å². The summed E-state index contributed by atoms with van der Waals surface area (Å²) in [6.07, 6.45) is 1.47. The number of hydrogen-bond acceptors (Lipinski definition) is 5. The summed E-state index contributed by atoms with van der Waals surface area (Å²) in [5.74, 6) is -0.402. The molecule has 0 spiro atoms.